The van der Waals surface area contributed by atoms with E-state index in [1.807, 2.05) is 55.5 Å². The molecule has 2 aromatic carbocycles. The van der Waals surface area contributed by atoms with Crippen LogP contribution in [0.1, 0.15) is 52.5 Å². The average Bonchev–Trinajstić information content (AvgIpc) is 3.40. The standard InChI is InChI=1S/C28H33N3O4S/c1-5-7-15-34-22-11-9-21(10-12-22)26-29-28-31(30-26)27(32)25(36-28)18-20-8-13-23(24(17-20)33-6-2)35-16-14-19(3)4/h8-13,17-19H,5-7,14-16H2,1-4H3. The van der Waals surface area contributed by atoms with Crippen LogP contribution in [0.4, 0.5) is 0 Å². The van der Waals surface area contributed by atoms with Crippen molar-refractivity contribution in [2.24, 2.45) is 5.92 Å². The molecule has 36 heavy (non-hydrogen) atoms. The third kappa shape index (κ3) is 6.23. The fraction of sp³-hybridized carbons (Fsp3) is 0.393. The van der Waals surface area contributed by atoms with Crippen molar-refractivity contribution in [3.05, 3.63) is 62.9 Å². The highest BCUT2D eigenvalue weighted by molar-refractivity contribution is 7.15. The van der Waals surface area contributed by atoms with E-state index in [-0.39, 0.29) is 5.56 Å². The van der Waals surface area contributed by atoms with E-state index in [1.54, 1.807) is 0 Å². The fourth-order valence-electron chi connectivity index (χ4n) is 3.55. The zero-order valence-corrected chi connectivity index (χ0v) is 22.1. The minimum Gasteiger partial charge on any atom is -0.494 e. The SMILES string of the molecule is CCCCOc1ccc(-c2nc3sc(=Cc4ccc(OCCC(C)C)c(OCC)c4)c(=O)n3n2)cc1. The minimum atomic E-state index is -0.191. The second-order valence-electron chi connectivity index (χ2n) is 8.94. The quantitative estimate of drug-likeness (QED) is 0.240. The van der Waals surface area contributed by atoms with Crippen LogP contribution >= 0.6 is 11.3 Å². The van der Waals surface area contributed by atoms with Crippen molar-refractivity contribution in [3.8, 4) is 28.6 Å². The number of ether oxygens (including phenoxy) is 3. The Hall–Kier alpha value is -3.39. The zero-order chi connectivity index (χ0) is 25.5. The number of fused-ring (bicyclic) bond motifs is 1. The summed E-state index contributed by atoms with van der Waals surface area (Å²) in [4.78, 5) is 18.2. The summed E-state index contributed by atoms with van der Waals surface area (Å²) in [6, 6.07) is 13.4. The molecule has 0 unspecified atom stereocenters. The molecule has 8 heteroatoms. The fourth-order valence-corrected chi connectivity index (χ4v) is 4.46. The second-order valence-corrected chi connectivity index (χ2v) is 9.95. The van der Waals surface area contributed by atoms with Gasteiger partial charge in [0, 0.05) is 5.56 Å². The van der Waals surface area contributed by atoms with Crippen molar-refractivity contribution >= 4 is 22.4 Å². The summed E-state index contributed by atoms with van der Waals surface area (Å²) < 4.78 is 19.4. The maximum atomic E-state index is 13.0. The van der Waals surface area contributed by atoms with Gasteiger partial charge in [0.15, 0.2) is 17.3 Å². The van der Waals surface area contributed by atoms with Crippen molar-refractivity contribution in [2.45, 2.75) is 47.0 Å². The van der Waals surface area contributed by atoms with Gasteiger partial charge in [-0.05, 0) is 73.7 Å². The Kier molecular flexibility index (Phi) is 8.59. The van der Waals surface area contributed by atoms with Gasteiger partial charge in [0.2, 0.25) is 4.96 Å². The molecule has 0 fully saturated rings. The molecule has 0 aliphatic rings. The van der Waals surface area contributed by atoms with Crippen LogP contribution in [0.3, 0.4) is 0 Å². The summed E-state index contributed by atoms with van der Waals surface area (Å²) in [7, 11) is 0. The lowest BCUT2D eigenvalue weighted by Crippen LogP contribution is -2.23. The monoisotopic (exact) mass is 507 g/mol. The highest BCUT2D eigenvalue weighted by Crippen LogP contribution is 2.29. The summed E-state index contributed by atoms with van der Waals surface area (Å²) in [5.41, 5.74) is 1.51. The second kappa shape index (κ2) is 12.0. The summed E-state index contributed by atoms with van der Waals surface area (Å²) in [5, 5.41) is 4.46. The molecular formula is C28H33N3O4S. The van der Waals surface area contributed by atoms with Crippen molar-refractivity contribution in [1.29, 1.82) is 0 Å². The maximum Gasteiger partial charge on any atom is 0.291 e. The van der Waals surface area contributed by atoms with Gasteiger partial charge in [-0.15, -0.1) is 5.10 Å². The predicted octanol–water partition coefficient (Wildman–Crippen LogP) is 5.37. The van der Waals surface area contributed by atoms with Gasteiger partial charge in [-0.25, -0.2) is 0 Å². The van der Waals surface area contributed by atoms with Gasteiger partial charge in [-0.1, -0.05) is 44.6 Å². The van der Waals surface area contributed by atoms with Crippen LogP contribution in [0.5, 0.6) is 17.2 Å². The molecule has 4 rings (SSSR count). The maximum absolute atomic E-state index is 13.0. The molecule has 0 atom stereocenters. The van der Waals surface area contributed by atoms with Gasteiger partial charge < -0.3 is 14.2 Å². The van der Waals surface area contributed by atoms with Gasteiger partial charge in [0.1, 0.15) is 5.75 Å². The number of unbranched alkanes of at least 4 members (excludes halogenated alkanes) is 1. The van der Waals surface area contributed by atoms with Crippen LogP contribution in [0.25, 0.3) is 22.4 Å². The van der Waals surface area contributed by atoms with E-state index in [2.05, 4.69) is 30.9 Å². The van der Waals surface area contributed by atoms with E-state index < -0.39 is 0 Å². The van der Waals surface area contributed by atoms with Gasteiger partial charge in [-0.3, -0.25) is 4.79 Å². The summed E-state index contributed by atoms with van der Waals surface area (Å²) in [6.07, 6.45) is 4.93. The van der Waals surface area contributed by atoms with E-state index >= 15 is 0 Å². The lowest BCUT2D eigenvalue weighted by Gasteiger charge is -2.13. The number of nitrogens with zero attached hydrogens (tertiary/aromatic N) is 3. The highest BCUT2D eigenvalue weighted by atomic mass is 32.1. The Balaban J connectivity index is 1.55. The summed E-state index contributed by atoms with van der Waals surface area (Å²) >= 11 is 1.32. The number of aromatic nitrogens is 3. The topological polar surface area (TPSA) is 75.0 Å². The molecule has 0 spiro atoms. The van der Waals surface area contributed by atoms with E-state index in [1.165, 1.54) is 15.9 Å². The molecule has 0 saturated heterocycles. The lowest BCUT2D eigenvalue weighted by molar-refractivity contribution is 0.261. The van der Waals surface area contributed by atoms with Gasteiger partial charge >= 0.3 is 0 Å². The van der Waals surface area contributed by atoms with E-state index in [0.29, 0.717) is 52.6 Å². The summed E-state index contributed by atoms with van der Waals surface area (Å²) in [6.45, 7) is 10.3. The van der Waals surface area contributed by atoms with E-state index in [4.69, 9.17) is 14.2 Å². The van der Waals surface area contributed by atoms with Crippen molar-refractivity contribution in [3.63, 3.8) is 0 Å². The largest absolute Gasteiger partial charge is 0.494 e. The molecule has 190 valence electrons. The molecule has 0 amide bonds. The number of benzene rings is 2. The molecule has 4 aromatic rings. The lowest BCUT2D eigenvalue weighted by atomic mass is 10.1. The molecule has 0 aliphatic heterocycles. The first-order chi connectivity index (χ1) is 17.5. The normalized spacial score (nSPS) is 12.0. The minimum absolute atomic E-state index is 0.191. The Morgan fingerprint density at radius 3 is 2.50 bits per heavy atom. The van der Waals surface area contributed by atoms with Crippen LogP contribution in [-0.4, -0.2) is 34.4 Å². The Morgan fingerprint density at radius 2 is 1.81 bits per heavy atom. The first-order valence-corrected chi connectivity index (χ1v) is 13.3. The third-order valence-electron chi connectivity index (χ3n) is 5.58. The van der Waals surface area contributed by atoms with Crippen LogP contribution < -0.4 is 24.3 Å². The zero-order valence-electron chi connectivity index (χ0n) is 21.3. The highest BCUT2D eigenvalue weighted by Gasteiger charge is 2.13. The first kappa shape index (κ1) is 25.7. The van der Waals surface area contributed by atoms with Crippen molar-refractivity contribution < 1.29 is 14.2 Å². The number of hydrogen-bond donors (Lipinski definition) is 0. The molecule has 0 aliphatic carbocycles. The number of hydrogen-bond acceptors (Lipinski definition) is 7. The smallest absolute Gasteiger partial charge is 0.291 e. The Bertz CT molecular complexity index is 1390. The molecule has 0 N–H and O–H groups in total. The number of thiazole rings is 1. The molecule has 0 bridgehead atoms. The molecule has 2 heterocycles. The third-order valence-corrected chi connectivity index (χ3v) is 6.54. The van der Waals surface area contributed by atoms with E-state index in [9.17, 15) is 4.79 Å². The van der Waals surface area contributed by atoms with Gasteiger partial charge in [0.25, 0.3) is 5.56 Å². The van der Waals surface area contributed by atoms with E-state index in [0.717, 1.165) is 36.1 Å². The molecule has 2 aromatic heterocycles. The Morgan fingerprint density at radius 1 is 1.00 bits per heavy atom. The van der Waals surface area contributed by atoms with Crippen LogP contribution in [0, 0.1) is 5.92 Å². The molecule has 0 radical (unpaired) electrons. The van der Waals surface area contributed by atoms with Gasteiger partial charge in [-0.2, -0.15) is 9.50 Å². The predicted molar refractivity (Wildman–Crippen MR) is 144 cm³/mol. The van der Waals surface area contributed by atoms with Crippen LogP contribution in [0.15, 0.2) is 47.3 Å². The average molecular weight is 508 g/mol. The van der Waals surface area contributed by atoms with Crippen LogP contribution in [0.2, 0.25) is 0 Å². The van der Waals surface area contributed by atoms with Gasteiger partial charge in [0.05, 0.1) is 24.4 Å². The van der Waals surface area contributed by atoms with Crippen molar-refractivity contribution in [1.82, 2.24) is 14.6 Å². The molecular weight excluding hydrogens is 474 g/mol. The molecule has 0 saturated carbocycles. The Labute approximate surface area is 215 Å². The molecule has 7 nitrogen and oxygen atoms in total. The van der Waals surface area contributed by atoms with Crippen molar-refractivity contribution in [2.75, 3.05) is 19.8 Å². The summed E-state index contributed by atoms with van der Waals surface area (Å²) in [5.74, 6) is 3.29. The first-order valence-electron chi connectivity index (χ1n) is 12.5. The van der Waals surface area contributed by atoms with Crippen LogP contribution in [-0.2, 0) is 0 Å². The number of rotatable bonds is 12.